The number of piperazine rings is 1. The fraction of sp³-hybridized carbons (Fsp3) is 0.333. The molecule has 2 aromatic carbocycles. The Hall–Kier alpha value is -2.48. The number of nitrogens with one attached hydrogen (secondary N) is 2. The summed E-state index contributed by atoms with van der Waals surface area (Å²) >= 11 is 6.05. The Labute approximate surface area is 174 Å². The third kappa shape index (κ3) is 6.81. The van der Waals surface area contributed by atoms with Gasteiger partial charge in [-0.1, -0.05) is 23.7 Å². The highest BCUT2D eigenvalue weighted by atomic mass is 35.5. The fourth-order valence-corrected chi connectivity index (χ4v) is 3.33. The molecule has 2 N–H and O–H groups in total. The van der Waals surface area contributed by atoms with Crippen LogP contribution in [0.25, 0.3) is 0 Å². The van der Waals surface area contributed by atoms with Gasteiger partial charge in [-0.05, 0) is 36.4 Å². The van der Waals surface area contributed by atoms with Gasteiger partial charge in [0.2, 0.25) is 11.8 Å². The van der Waals surface area contributed by atoms with Crippen molar-refractivity contribution in [1.29, 1.82) is 0 Å². The van der Waals surface area contributed by atoms with Crippen molar-refractivity contribution < 1.29 is 14.0 Å². The van der Waals surface area contributed by atoms with Gasteiger partial charge in [0.15, 0.2) is 0 Å². The fourth-order valence-electron chi connectivity index (χ4n) is 3.14. The smallest absolute Gasteiger partial charge is 0.238 e. The van der Waals surface area contributed by atoms with Crippen LogP contribution in [0.2, 0.25) is 5.02 Å². The summed E-state index contributed by atoms with van der Waals surface area (Å²) in [5, 5.41) is 6.12. The van der Waals surface area contributed by atoms with Gasteiger partial charge in [-0.15, -0.1) is 0 Å². The molecule has 0 atom stereocenters. The van der Waals surface area contributed by atoms with Crippen LogP contribution in [0.15, 0.2) is 48.5 Å². The maximum absolute atomic E-state index is 12.9. The molecule has 1 heterocycles. The van der Waals surface area contributed by atoms with E-state index in [1.54, 1.807) is 24.3 Å². The van der Waals surface area contributed by atoms with Crippen molar-refractivity contribution in [1.82, 2.24) is 9.80 Å². The standard InChI is InChI=1S/C21H24ClFN4O2/c22-18-3-1-2-4-19(18)25-20(28)9-10-26-11-13-27(14-12-26)15-21(29)24-17-7-5-16(23)6-8-17/h1-8H,9-15H2,(H,24,29)(H,25,28). The number of hydrogen-bond acceptors (Lipinski definition) is 4. The van der Waals surface area contributed by atoms with Crippen LogP contribution in [0.5, 0.6) is 0 Å². The summed E-state index contributed by atoms with van der Waals surface area (Å²) in [7, 11) is 0. The first-order valence-electron chi connectivity index (χ1n) is 9.54. The molecule has 8 heteroatoms. The molecule has 0 bridgehead atoms. The van der Waals surface area contributed by atoms with E-state index in [0.717, 1.165) is 26.2 Å². The second kappa shape index (κ2) is 10.3. The predicted octanol–water partition coefficient (Wildman–Crippen LogP) is 3.06. The van der Waals surface area contributed by atoms with E-state index in [4.69, 9.17) is 11.6 Å². The lowest BCUT2D eigenvalue weighted by molar-refractivity contribution is -0.117. The number of carbonyl (C=O) groups is 2. The number of amides is 2. The molecule has 0 aromatic heterocycles. The second-order valence-corrected chi connectivity index (χ2v) is 7.36. The number of carbonyl (C=O) groups excluding carboxylic acids is 2. The molecule has 1 fully saturated rings. The average Bonchev–Trinajstić information content (AvgIpc) is 2.71. The van der Waals surface area contributed by atoms with E-state index in [1.807, 2.05) is 12.1 Å². The van der Waals surface area contributed by atoms with Gasteiger partial charge < -0.3 is 15.5 Å². The van der Waals surface area contributed by atoms with E-state index in [0.29, 0.717) is 29.4 Å². The highest BCUT2D eigenvalue weighted by Crippen LogP contribution is 2.20. The lowest BCUT2D eigenvalue weighted by Gasteiger charge is -2.34. The molecule has 1 aliphatic rings. The van der Waals surface area contributed by atoms with Crippen molar-refractivity contribution in [2.24, 2.45) is 0 Å². The zero-order valence-corrected chi connectivity index (χ0v) is 16.8. The number of nitrogens with zero attached hydrogens (tertiary/aromatic N) is 2. The van der Waals surface area contributed by atoms with Gasteiger partial charge in [0.05, 0.1) is 17.3 Å². The molecule has 0 spiro atoms. The number of para-hydroxylation sites is 1. The highest BCUT2D eigenvalue weighted by Gasteiger charge is 2.19. The quantitative estimate of drug-likeness (QED) is 0.725. The number of hydrogen-bond donors (Lipinski definition) is 2. The van der Waals surface area contributed by atoms with Crippen LogP contribution >= 0.6 is 11.6 Å². The molecule has 3 rings (SSSR count). The largest absolute Gasteiger partial charge is 0.325 e. The number of benzene rings is 2. The van der Waals surface area contributed by atoms with Gasteiger partial charge in [-0.2, -0.15) is 0 Å². The molecule has 6 nitrogen and oxygen atoms in total. The van der Waals surface area contributed by atoms with Crippen LogP contribution in [0.4, 0.5) is 15.8 Å². The first kappa shape index (κ1) is 21.2. The summed E-state index contributed by atoms with van der Waals surface area (Å²) in [6.07, 6.45) is 0.385. The van der Waals surface area contributed by atoms with E-state index < -0.39 is 0 Å². The van der Waals surface area contributed by atoms with Crippen LogP contribution in [0, 0.1) is 5.82 Å². The lowest BCUT2D eigenvalue weighted by Crippen LogP contribution is -2.49. The molecule has 0 unspecified atom stereocenters. The average molecular weight is 419 g/mol. The normalized spacial score (nSPS) is 15.1. The number of rotatable bonds is 7. The first-order chi connectivity index (χ1) is 14.0. The van der Waals surface area contributed by atoms with Crippen LogP contribution in [-0.4, -0.2) is 60.9 Å². The van der Waals surface area contributed by atoms with E-state index in [2.05, 4.69) is 20.4 Å². The van der Waals surface area contributed by atoms with E-state index in [-0.39, 0.29) is 24.2 Å². The maximum Gasteiger partial charge on any atom is 0.238 e. The minimum absolute atomic E-state index is 0.0702. The third-order valence-corrected chi connectivity index (χ3v) is 5.09. The van der Waals surface area contributed by atoms with Gasteiger partial charge in [0.1, 0.15) is 5.82 Å². The van der Waals surface area contributed by atoms with Crippen LogP contribution in [0.3, 0.4) is 0 Å². The van der Waals surface area contributed by atoms with Crippen LogP contribution in [-0.2, 0) is 9.59 Å². The molecule has 29 heavy (non-hydrogen) atoms. The monoisotopic (exact) mass is 418 g/mol. The van der Waals surface area contributed by atoms with Crippen molar-refractivity contribution in [2.75, 3.05) is 49.9 Å². The molecule has 2 aromatic rings. The minimum atomic E-state index is -0.334. The first-order valence-corrected chi connectivity index (χ1v) is 9.92. The van der Waals surface area contributed by atoms with Crippen LogP contribution < -0.4 is 10.6 Å². The molecule has 0 aliphatic carbocycles. The van der Waals surface area contributed by atoms with Crippen molar-refractivity contribution in [3.63, 3.8) is 0 Å². The Morgan fingerprint density at radius 1 is 0.897 bits per heavy atom. The Balaban J connectivity index is 1.34. The molecule has 154 valence electrons. The molecule has 0 radical (unpaired) electrons. The summed E-state index contributed by atoms with van der Waals surface area (Å²) < 4.78 is 12.9. The summed E-state index contributed by atoms with van der Waals surface area (Å²) in [5.74, 6) is -0.525. The Bertz CT molecular complexity index is 839. The Kier molecular flexibility index (Phi) is 7.57. The van der Waals surface area contributed by atoms with E-state index in [1.165, 1.54) is 12.1 Å². The van der Waals surface area contributed by atoms with Crippen molar-refractivity contribution in [3.8, 4) is 0 Å². The topological polar surface area (TPSA) is 64.7 Å². The summed E-state index contributed by atoms with van der Waals surface area (Å²) in [5.41, 5.74) is 1.20. The van der Waals surface area contributed by atoms with Gasteiger partial charge in [-0.3, -0.25) is 14.5 Å². The summed E-state index contributed by atoms with van der Waals surface area (Å²) in [6.45, 7) is 4.04. The zero-order valence-electron chi connectivity index (χ0n) is 16.0. The van der Waals surface area contributed by atoms with Crippen molar-refractivity contribution in [2.45, 2.75) is 6.42 Å². The van der Waals surface area contributed by atoms with Gasteiger partial charge in [0.25, 0.3) is 0 Å². The number of anilines is 2. The summed E-state index contributed by atoms with van der Waals surface area (Å²) in [6, 6.07) is 12.9. The minimum Gasteiger partial charge on any atom is -0.325 e. The van der Waals surface area contributed by atoms with Gasteiger partial charge >= 0.3 is 0 Å². The lowest BCUT2D eigenvalue weighted by atomic mass is 10.2. The molecule has 2 amide bonds. The molecule has 1 saturated heterocycles. The van der Waals surface area contributed by atoms with Crippen LogP contribution in [0.1, 0.15) is 6.42 Å². The zero-order chi connectivity index (χ0) is 20.6. The predicted molar refractivity (Wildman–Crippen MR) is 113 cm³/mol. The van der Waals surface area contributed by atoms with E-state index in [9.17, 15) is 14.0 Å². The maximum atomic E-state index is 12.9. The molecular formula is C21H24ClFN4O2. The van der Waals surface area contributed by atoms with Gasteiger partial charge in [-0.25, -0.2) is 4.39 Å². The highest BCUT2D eigenvalue weighted by molar-refractivity contribution is 6.33. The van der Waals surface area contributed by atoms with Crippen molar-refractivity contribution in [3.05, 3.63) is 59.4 Å². The Morgan fingerprint density at radius 3 is 2.24 bits per heavy atom. The third-order valence-electron chi connectivity index (χ3n) is 4.76. The van der Waals surface area contributed by atoms with Gasteiger partial charge in [0, 0.05) is 44.8 Å². The number of halogens is 2. The molecule has 1 aliphatic heterocycles. The van der Waals surface area contributed by atoms with Crippen molar-refractivity contribution >= 4 is 34.8 Å². The SMILES string of the molecule is O=C(CN1CCN(CCC(=O)Nc2ccccc2Cl)CC1)Nc1ccc(F)cc1. The molecular weight excluding hydrogens is 395 g/mol. The second-order valence-electron chi connectivity index (χ2n) is 6.95. The van der Waals surface area contributed by atoms with E-state index >= 15 is 0 Å². The molecule has 0 saturated carbocycles. The summed E-state index contributed by atoms with van der Waals surface area (Å²) in [4.78, 5) is 28.5. The Morgan fingerprint density at radius 2 is 1.55 bits per heavy atom.